The van der Waals surface area contributed by atoms with Crippen LogP contribution in [0.2, 0.25) is 0 Å². The second-order valence-corrected chi connectivity index (χ2v) is 7.61. The van der Waals surface area contributed by atoms with Gasteiger partial charge in [0.25, 0.3) is 5.91 Å². The highest BCUT2D eigenvalue weighted by atomic mass is 16.3. The van der Waals surface area contributed by atoms with Gasteiger partial charge in [0.2, 0.25) is 11.8 Å². The molecule has 2 aliphatic rings. The summed E-state index contributed by atoms with van der Waals surface area (Å²) in [6.07, 6.45) is 4.41. The van der Waals surface area contributed by atoms with Gasteiger partial charge in [0.1, 0.15) is 6.04 Å². The number of amides is 3. The van der Waals surface area contributed by atoms with Crippen molar-refractivity contribution in [1.29, 1.82) is 0 Å². The number of carbonyl (C=O) groups excluding carboxylic acids is 3. The summed E-state index contributed by atoms with van der Waals surface area (Å²) in [7, 11) is 0. The summed E-state index contributed by atoms with van der Waals surface area (Å²) in [6, 6.07) is 12.1. The number of nitrogens with one attached hydrogen (secondary N) is 1. The molecule has 2 aliphatic heterocycles. The monoisotopic (exact) mass is 395 g/mol. The number of hydrogen-bond donors (Lipinski definition) is 1. The summed E-state index contributed by atoms with van der Waals surface area (Å²) >= 11 is 0. The van der Waals surface area contributed by atoms with Crippen molar-refractivity contribution in [3.8, 4) is 0 Å². The van der Waals surface area contributed by atoms with Crippen LogP contribution in [0.4, 0.5) is 5.69 Å². The number of carbonyl (C=O) groups is 3. The fraction of sp³-hybridized carbons (Fsp3) is 0.409. The number of benzene rings is 1. The SMILES string of the molecule is O=C(Nc1ccccc1)C1CCCN(C(=O)C2CCCN2C(=O)c2ccco2)C1. The number of anilines is 1. The average Bonchev–Trinajstić information content (AvgIpc) is 3.46. The molecule has 7 heteroatoms. The quantitative estimate of drug-likeness (QED) is 0.863. The van der Waals surface area contributed by atoms with Crippen molar-refractivity contribution in [1.82, 2.24) is 9.80 Å². The van der Waals surface area contributed by atoms with Gasteiger partial charge in [-0.2, -0.15) is 0 Å². The van der Waals surface area contributed by atoms with Crippen LogP contribution in [-0.2, 0) is 9.59 Å². The van der Waals surface area contributed by atoms with Crippen LogP contribution in [0.5, 0.6) is 0 Å². The summed E-state index contributed by atoms with van der Waals surface area (Å²) in [5, 5.41) is 2.93. The van der Waals surface area contributed by atoms with E-state index in [0.717, 1.165) is 24.9 Å². The van der Waals surface area contributed by atoms with Crippen molar-refractivity contribution in [3.63, 3.8) is 0 Å². The highest BCUT2D eigenvalue weighted by molar-refractivity contribution is 5.96. The van der Waals surface area contributed by atoms with Crippen molar-refractivity contribution >= 4 is 23.4 Å². The van der Waals surface area contributed by atoms with Crippen LogP contribution < -0.4 is 5.32 Å². The predicted octanol–water partition coefficient (Wildman–Crippen LogP) is 2.76. The lowest BCUT2D eigenvalue weighted by molar-refractivity contribution is -0.138. The zero-order valence-electron chi connectivity index (χ0n) is 16.3. The first-order valence-electron chi connectivity index (χ1n) is 10.1. The Labute approximate surface area is 169 Å². The Bertz CT molecular complexity index is 865. The van der Waals surface area contributed by atoms with Gasteiger partial charge < -0.3 is 19.5 Å². The van der Waals surface area contributed by atoms with E-state index in [4.69, 9.17) is 4.42 Å². The molecule has 4 rings (SSSR count). The first-order valence-corrected chi connectivity index (χ1v) is 10.1. The third-order valence-electron chi connectivity index (χ3n) is 5.68. The van der Waals surface area contributed by atoms with Crippen molar-refractivity contribution in [2.45, 2.75) is 31.7 Å². The predicted molar refractivity (Wildman–Crippen MR) is 107 cm³/mol. The molecule has 3 heterocycles. The van der Waals surface area contributed by atoms with Gasteiger partial charge in [-0.25, -0.2) is 0 Å². The highest BCUT2D eigenvalue weighted by Crippen LogP contribution is 2.25. The summed E-state index contributed by atoms with van der Waals surface area (Å²) in [5.41, 5.74) is 0.756. The summed E-state index contributed by atoms with van der Waals surface area (Å²) in [5.74, 6) is -0.378. The molecule has 2 saturated heterocycles. The molecule has 0 spiro atoms. The number of rotatable bonds is 4. The Balaban J connectivity index is 1.40. The van der Waals surface area contributed by atoms with Gasteiger partial charge in [0, 0.05) is 25.3 Å². The third kappa shape index (κ3) is 4.18. The van der Waals surface area contributed by atoms with Crippen molar-refractivity contribution < 1.29 is 18.8 Å². The molecule has 0 bridgehead atoms. The van der Waals surface area contributed by atoms with E-state index in [1.165, 1.54) is 6.26 Å². The molecular formula is C22H25N3O4. The van der Waals surface area contributed by atoms with Crippen LogP contribution in [0.3, 0.4) is 0 Å². The molecule has 7 nitrogen and oxygen atoms in total. The molecule has 0 radical (unpaired) electrons. The van der Waals surface area contributed by atoms with E-state index in [9.17, 15) is 14.4 Å². The van der Waals surface area contributed by atoms with E-state index in [1.54, 1.807) is 21.9 Å². The van der Waals surface area contributed by atoms with Gasteiger partial charge in [0.15, 0.2) is 5.76 Å². The molecule has 1 aromatic carbocycles. The van der Waals surface area contributed by atoms with Crippen LogP contribution in [0.1, 0.15) is 36.2 Å². The largest absolute Gasteiger partial charge is 0.459 e. The summed E-state index contributed by atoms with van der Waals surface area (Å²) in [4.78, 5) is 41.9. The van der Waals surface area contributed by atoms with Crippen molar-refractivity contribution in [2.75, 3.05) is 25.0 Å². The standard InChI is InChI=1S/C22H25N3O4/c26-20(23-17-8-2-1-3-9-17)16-7-4-12-24(15-16)21(27)18-10-5-13-25(18)22(28)19-11-6-14-29-19/h1-3,6,8-9,11,14,16,18H,4-5,7,10,12-13,15H2,(H,23,26). The first-order chi connectivity index (χ1) is 14.1. The smallest absolute Gasteiger partial charge is 0.290 e. The molecule has 3 amide bonds. The van der Waals surface area contributed by atoms with Gasteiger partial charge in [-0.05, 0) is 49.9 Å². The molecule has 2 aromatic rings. The Kier molecular flexibility index (Phi) is 5.64. The second-order valence-electron chi connectivity index (χ2n) is 7.61. The molecule has 0 aliphatic carbocycles. The number of piperidine rings is 1. The van der Waals surface area contributed by atoms with Crippen molar-refractivity contribution in [3.05, 3.63) is 54.5 Å². The zero-order chi connectivity index (χ0) is 20.2. The first kappa shape index (κ1) is 19.2. The fourth-order valence-electron chi connectivity index (χ4n) is 4.18. The minimum Gasteiger partial charge on any atom is -0.459 e. The highest BCUT2D eigenvalue weighted by Gasteiger charge is 2.39. The van der Waals surface area contributed by atoms with Gasteiger partial charge in [-0.1, -0.05) is 18.2 Å². The van der Waals surface area contributed by atoms with Gasteiger partial charge in [0.05, 0.1) is 12.2 Å². The molecule has 2 unspecified atom stereocenters. The lowest BCUT2D eigenvalue weighted by Gasteiger charge is -2.35. The molecule has 29 heavy (non-hydrogen) atoms. The van der Waals surface area contributed by atoms with E-state index < -0.39 is 6.04 Å². The minimum absolute atomic E-state index is 0.0661. The van der Waals surface area contributed by atoms with Gasteiger partial charge in [-0.15, -0.1) is 0 Å². The molecule has 1 N–H and O–H groups in total. The molecule has 2 atom stereocenters. The number of para-hydroxylation sites is 1. The Morgan fingerprint density at radius 1 is 0.966 bits per heavy atom. The minimum atomic E-state index is -0.483. The van der Waals surface area contributed by atoms with Crippen LogP contribution in [-0.4, -0.2) is 53.2 Å². The Morgan fingerprint density at radius 3 is 2.52 bits per heavy atom. The lowest BCUT2D eigenvalue weighted by atomic mass is 9.96. The fourth-order valence-corrected chi connectivity index (χ4v) is 4.18. The van der Waals surface area contributed by atoms with Crippen LogP contribution in [0, 0.1) is 5.92 Å². The molecule has 1 aromatic heterocycles. The third-order valence-corrected chi connectivity index (χ3v) is 5.68. The van der Waals surface area contributed by atoms with Crippen LogP contribution >= 0.6 is 0 Å². The topological polar surface area (TPSA) is 82.9 Å². The number of likely N-dealkylation sites (tertiary alicyclic amines) is 2. The average molecular weight is 395 g/mol. The van der Waals surface area contributed by atoms with E-state index in [2.05, 4.69) is 5.32 Å². The Morgan fingerprint density at radius 2 is 1.76 bits per heavy atom. The maximum atomic E-state index is 13.2. The van der Waals surface area contributed by atoms with Crippen molar-refractivity contribution in [2.24, 2.45) is 5.92 Å². The van der Waals surface area contributed by atoms with Crippen LogP contribution in [0.15, 0.2) is 53.1 Å². The lowest BCUT2D eigenvalue weighted by Crippen LogP contribution is -2.51. The molecular weight excluding hydrogens is 370 g/mol. The molecule has 2 fully saturated rings. The van der Waals surface area contributed by atoms with E-state index >= 15 is 0 Å². The van der Waals surface area contributed by atoms with E-state index in [1.807, 2.05) is 30.3 Å². The summed E-state index contributed by atoms with van der Waals surface area (Å²) < 4.78 is 5.22. The number of nitrogens with zero attached hydrogens (tertiary/aromatic N) is 2. The Hall–Kier alpha value is -3.09. The normalized spacial score (nSPS) is 21.8. The number of hydrogen-bond acceptors (Lipinski definition) is 4. The maximum Gasteiger partial charge on any atom is 0.290 e. The number of furan rings is 1. The molecule has 152 valence electrons. The zero-order valence-corrected chi connectivity index (χ0v) is 16.3. The second kappa shape index (κ2) is 8.51. The summed E-state index contributed by atoms with van der Waals surface area (Å²) in [6.45, 7) is 1.55. The van der Waals surface area contributed by atoms with Gasteiger partial charge in [-0.3, -0.25) is 14.4 Å². The van der Waals surface area contributed by atoms with E-state index in [0.29, 0.717) is 26.1 Å². The maximum absolute atomic E-state index is 13.2. The van der Waals surface area contributed by atoms with Gasteiger partial charge >= 0.3 is 0 Å². The molecule has 0 saturated carbocycles. The van der Waals surface area contributed by atoms with Crippen LogP contribution in [0.25, 0.3) is 0 Å². The van der Waals surface area contributed by atoms with E-state index in [-0.39, 0.29) is 29.4 Å².